The fourth-order valence-electron chi connectivity index (χ4n) is 1.06. The molecule has 5 nitrogen and oxygen atoms in total. The Labute approximate surface area is 94.0 Å². The molecule has 0 saturated carbocycles. The topological polar surface area (TPSA) is 76.3 Å². The number of thiazole rings is 1. The third-order valence-electron chi connectivity index (χ3n) is 2.14. The predicted octanol–water partition coefficient (Wildman–Crippen LogP) is 0.252. The van der Waals surface area contributed by atoms with Crippen molar-refractivity contribution in [2.24, 2.45) is 5.73 Å². The van der Waals surface area contributed by atoms with E-state index in [1.807, 2.05) is 5.38 Å². The number of aromatic nitrogens is 1. The molecule has 2 N–H and O–H groups in total. The van der Waals surface area contributed by atoms with Crippen molar-refractivity contribution in [1.29, 1.82) is 0 Å². The molecule has 86 valence electrons. The molecule has 0 spiro atoms. The first-order valence-electron chi connectivity index (χ1n) is 4.50. The Morgan fingerprint density at radius 1 is 1.67 bits per heavy atom. The lowest BCUT2D eigenvalue weighted by atomic mass is 10.5. The summed E-state index contributed by atoms with van der Waals surface area (Å²) in [5.41, 5.74) is 7.79. The average Bonchev–Trinajstić information content (AvgIpc) is 2.68. The van der Waals surface area contributed by atoms with E-state index in [2.05, 4.69) is 4.98 Å². The summed E-state index contributed by atoms with van der Waals surface area (Å²) in [5.74, 6) is 0. The molecular formula is C8H15N3O2S2. The van der Waals surface area contributed by atoms with Gasteiger partial charge in [-0.3, -0.25) is 0 Å². The number of rotatable bonds is 5. The molecule has 15 heavy (non-hydrogen) atoms. The van der Waals surface area contributed by atoms with E-state index in [1.165, 1.54) is 15.6 Å². The van der Waals surface area contributed by atoms with Crippen LogP contribution in [0.4, 0.5) is 0 Å². The van der Waals surface area contributed by atoms with E-state index in [1.54, 1.807) is 19.5 Å². The van der Waals surface area contributed by atoms with E-state index < -0.39 is 15.3 Å². The van der Waals surface area contributed by atoms with Crippen molar-refractivity contribution >= 4 is 21.4 Å². The van der Waals surface area contributed by atoms with Gasteiger partial charge in [-0.15, -0.1) is 11.3 Å². The van der Waals surface area contributed by atoms with Crippen molar-refractivity contribution in [3.05, 3.63) is 16.6 Å². The summed E-state index contributed by atoms with van der Waals surface area (Å²) in [6.45, 7) is 2.03. The first-order chi connectivity index (χ1) is 6.98. The molecular weight excluding hydrogens is 234 g/mol. The van der Waals surface area contributed by atoms with Crippen LogP contribution in [0.25, 0.3) is 0 Å². The lowest BCUT2D eigenvalue weighted by molar-refractivity contribution is 0.454. The zero-order valence-electron chi connectivity index (χ0n) is 8.75. The third-order valence-corrected chi connectivity index (χ3v) is 4.99. The normalized spacial score (nSPS) is 14.4. The van der Waals surface area contributed by atoms with Gasteiger partial charge < -0.3 is 5.73 Å². The van der Waals surface area contributed by atoms with Crippen LogP contribution in [0.5, 0.6) is 0 Å². The molecule has 0 amide bonds. The standard InChI is InChI=1S/C8H15N3O2S2/c1-7(3-9)15(12,13)11(2)4-8-5-14-6-10-8/h5-7H,3-4,9H2,1-2H3. The van der Waals surface area contributed by atoms with Crippen molar-refractivity contribution in [1.82, 2.24) is 9.29 Å². The highest BCUT2D eigenvalue weighted by Crippen LogP contribution is 2.11. The Morgan fingerprint density at radius 3 is 2.80 bits per heavy atom. The first-order valence-corrected chi connectivity index (χ1v) is 6.95. The second-order valence-electron chi connectivity index (χ2n) is 3.33. The highest BCUT2D eigenvalue weighted by Gasteiger charge is 2.24. The van der Waals surface area contributed by atoms with Gasteiger partial charge in [-0.1, -0.05) is 0 Å². The quantitative estimate of drug-likeness (QED) is 0.811. The molecule has 1 unspecified atom stereocenters. The first kappa shape index (κ1) is 12.6. The summed E-state index contributed by atoms with van der Waals surface area (Å²) in [6, 6.07) is 0. The second-order valence-corrected chi connectivity index (χ2v) is 6.50. The highest BCUT2D eigenvalue weighted by molar-refractivity contribution is 7.89. The molecule has 7 heteroatoms. The maximum Gasteiger partial charge on any atom is 0.218 e. The van der Waals surface area contributed by atoms with E-state index in [9.17, 15) is 8.42 Å². The van der Waals surface area contributed by atoms with Gasteiger partial charge in [0.15, 0.2) is 0 Å². The summed E-state index contributed by atoms with van der Waals surface area (Å²) in [5, 5.41) is 1.28. The maximum atomic E-state index is 11.8. The Kier molecular flexibility index (Phi) is 4.21. The molecule has 1 atom stereocenters. The van der Waals surface area contributed by atoms with Crippen LogP contribution in [0.3, 0.4) is 0 Å². The van der Waals surface area contributed by atoms with Crippen LogP contribution >= 0.6 is 11.3 Å². The molecule has 0 aliphatic heterocycles. The Hall–Kier alpha value is -0.500. The lowest BCUT2D eigenvalue weighted by Gasteiger charge is -2.19. The van der Waals surface area contributed by atoms with E-state index in [-0.39, 0.29) is 6.54 Å². The molecule has 1 rings (SSSR count). The van der Waals surface area contributed by atoms with Crippen molar-refractivity contribution < 1.29 is 8.42 Å². The molecule has 0 saturated heterocycles. The average molecular weight is 249 g/mol. The minimum absolute atomic E-state index is 0.129. The molecule has 0 aliphatic carbocycles. The van der Waals surface area contributed by atoms with E-state index in [0.717, 1.165) is 5.69 Å². The van der Waals surface area contributed by atoms with Crippen LogP contribution in [-0.2, 0) is 16.6 Å². The van der Waals surface area contributed by atoms with Gasteiger partial charge in [-0.25, -0.2) is 13.4 Å². The molecule has 0 aliphatic rings. The summed E-state index contributed by atoms with van der Waals surface area (Å²) < 4.78 is 24.9. The zero-order valence-corrected chi connectivity index (χ0v) is 10.4. The van der Waals surface area contributed by atoms with Crippen molar-refractivity contribution in [3.63, 3.8) is 0 Å². The summed E-state index contributed by atoms with van der Waals surface area (Å²) >= 11 is 1.45. The van der Waals surface area contributed by atoms with E-state index >= 15 is 0 Å². The second kappa shape index (κ2) is 5.02. The van der Waals surface area contributed by atoms with Gasteiger partial charge in [0.25, 0.3) is 0 Å². The molecule has 1 heterocycles. The molecule has 1 aromatic rings. The van der Waals surface area contributed by atoms with Gasteiger partial charge in [-0.2, -0.15) is 4.31 Å². The molecule has 0 radical (unpaired) electrons. The maximum absolute atomic E-state index is 11.8. The number of hydrogen-bond acceptors (Lipinski definition) is 5. The molecule has 0 bridgehead atoms. The van der Waals surface area contributed by atoms with Gasteiger partial charge in [0.05, 0.1) is 23.0 Å². The summed E-state index contributed by atoms with van der Waals surface area (Å²) in [4.78, 5) is 4.04. The van der Waals surface area contributed by atoms with Gasteiger partial charge in [0.2, 0.25) is 10.0 Å². The third kappa shape index (κ3) is 2.97. The number of hydrogen-bond donors (Lipinski definition) is 1. The smallest absolute Gasteiger partial charge is 0.218 e. The van der Waals surface area contributed by atoms with Crippen LogP contribution in [-0.4, -0.2) is 36.5 Å². The van der Waals surface area contributed by atoms with E-state index in [4.69, 9.17) is 5.73 Å². The minimum Gasteiger partial charge on any atom is -0.329 e. The van der Waals surface area contributed by atoms with Crippen molar-refractivity contribution in [3.8, 4) is 0 Å². The van der Waals surface area contributed by atoms with Gasteiger partial charge in [0, 0.05) is 19.0 Å². The number of sulfonamides is 1. The monoisotopic (exact) mass is 249 g/mol. The Morgan fingerprint density at radius 2 is 2.33 bits per heavy atom. The van der Waals surface area contributed by atoms with Crippen LogP contribution in [0.2, 0.25) is 0 Å². The van der Waals surface area contributed by atoms with Gasteiger partial charge in [-0.05, 0) is 6.92 Å². The number of nitrogens with zero attached hydrogens (tertiary/aromatic N) is 2. The minimum atomic E-state index is -3.29. The summed E-state index contributed by atoms with van der Waals surface area (Å²) in [6.07, 6.45) is 0. The van der Waals surface area contributed by atoms with Crippen LogP contribution in [0, 0.1) is 0 Å². The molecule has 0 aromatic carbocycles. The van der Waals surface area contributed by atoms with Gasteiger partial charge >= 0.3 is 0 Å². The SMILES string of the molecule is CC(CN)S(=O)(=O)N(C)Cc1cscn1. The fourth-order valence-corrected chi connectivity index (χ4v) is 2.78. The van der Waals surface area contributed by atoms with E-state index in [0.29, 0.717) is 6.54 Å². The van der Waals surface area contributed by atoms with Crippen molar-refractivity contribution in [2.45, 2.75) is 18.7 Å². The number of nitrogens with two attached hydrogens (primary N) is 1. The Balaban J connectivity index is 2.72. The summed E-state index contributed by atoms with van der Waals surface area (Å²) in [7, 11) is -1.75. The molecule has 1 aromatic heterocycles. The van der Waals surface area contributed by atoms with Crippen LogP contribution < -0.4 is 5.73 Å². The predicted molar refractivity (Wildman–Crippen MR) is 61.0 cm³/mol. The fraction of sp³-hybridized carbons (Fsp3) is 0.625. The van der Waals surface area contributed by atoms with Crippen LogP contribution in [0.15, 0.2) is 10.9 Å². The largest absolute Gasteiger partial charge is 0.329 e. The Bertz CT molecular complexity index is 388. The zero-order chi connectivity index (χ0) is 11.5. The highest BCUT2D eigenvalue weighted by atomic mass is 32.2. The van der Waals surface area contributed by atoms with Crippen LogP contribution in [0.1, 0.15) is 12.6 Å². The van der Waals surface area contributed by atoms with Gasteiger partial charge in [0.1, 0.15) is 0 Å². The lowest BCUT2D eigenvalue weighted by Crippen LogP contribution is -2.38. The molecule has 0 fully saturated rings. The van der Waals surface area contributed by atoms with Crippen molar-refractivity contribution in [2.75, 3.05) is 13.6 Å².